The molecule has 0 spiro atoms. The summed E-state index contributed by atoms with van der Waals surface area (Å²) >= 11 is 0. The number of hydrogen-bond acceptors (Lipinski definition) is 7. The number of likely N-dealkylation sites (tertiary alicyclic amines) is 1. The van der Waals surface area contributed by atoms with E-state index in [9.17, 15) is 13.2 Å². The van der Waals surface area contributed by atoms with Gasteiger partial charge in [0.25, 0.3) is 0 Å². The van der Waals surface area contributed by atoms with Gasteiger partial charge in [0.15, 0.2) is 10.8 Å². The highest BCUT2D eigenvalue weighted by Crippen LogP contribution is 2.35. The van der Waals surface area contributed by atoms with Crippen LogP contribution in [0.5, 0.6) is 0 Å². The van der Waals surface area contributed by atoms with E-state index in [4.69, 9.17) is 16.2 Å². The Bertz CT molecular complexity index is 1260. The SMILES string of the molecule is C=C/C(=C\C(=N)S(=O)(=O)C(=N)CCC(=O)C(=N)CCc1c2c(cc3c1CCC3)CCC2)[C@@H](C)N1CCC1. The number of nitrogens with zero attached hydrogens (tertiary/aromatic N) is 1. The molecule has 7 nitrogen and oxygen atoms in total. The molecule has 1 heterocycles. The van der Waals surface area contributed by atoms with Crippen LogP contribution in [0, 0.1) is 16.2 Å². The van der Waals surface area contributed by atoms with Crippen molar-refractivity contribution < 1.29 is 13.2 Å². The zero-order valence-electron chi connectivity index (χ0n) is 21.8. The number of nitrogens with one attached hydrogen (secondary N) is 3. The summed E-state index contributed by atoms with van der Waals surface area (Å²) in [5.41, 5.74) is 7.65. The third-order valence-corrected chi connectivity index (χ3v) is 9.76. The van der Waals surface area contributed by atoms with E-state index in [1.165, 1.54) is 33.9 Å². The average Bonchev–Trinajstić information content (AvgIpc) is 3.50. The van der Waals surface area contributed by atoms with E-state index in [0.717, 1.165) is 58.0 Å². The van der Waals surface area contributed by atoms with Gasteiger partial charge in [0, 0.05) is 18.9 Å². The lowest BCUT2D eigenvalue weighted by Gasteiger charge is -2.37. The summed E-state index contributed by atoms with van der Waals surface area (Å²) in [4.78, 5) is 14.8. The Morgan fingerprint density at radius 1 is 1.00 bits per heavy atom. The van der Waals surface area contributed by atoms with E-state index in [2.05, 4.69) is 17.5 Å². The molecule has 0 radical (unpaired) electrons. The van der Waals surface area contributed by atoms with E-state index in [-0.39, 0.29) is 24.6 Å². The summed E-state index contributed by atoms with van der Waals surface area (Å²) < 4.78 is 25.5. The number of carbonyl (C=O) groups excluding carboxylic acids is 1. The lowest BCUT2D eigenvalue weighted by molar-refractivity contribution is -0.113. The van der Waals surface area contributed by atoms with Crippen molar-refractivity contribution in [2.45, 2.75) is 83.6 Å². The molecule has 1 atom stereocenters. The first kappa shape index (κ1) is 27.3. The summed E-state index contributed by atoms with van der Waals surface area (Å²) in [6.07, 6.45) is 11.1. The number of sulfone groups is 1. The fourth-order valence-corrected chi connectivity index (χ4v) is 6.72. The molecule has 8 heteroatoms. The predicted molar refractivity (Wildman–Crippen MR) is 149 cm³/mol. The first-order valence-corrected chi connectivity index (χ1v) is 14.9. The molecular weight excluding hydrogens is 484 g/mol. The van der Waals surface area contributed by atoms with Crippen LogP contribution in [-0.2, 0) is 46.7 Å². The second-order valence-corrected chi connectivity index (χ2v) is 12.4. The van der Waals surface area contributed by atoms with Crippen molar-refractivity contribution in [1.29, 1.82) is 16.2 Å². The van der Waals surface area contributed by atoms with E-state index in [0.29, 0.717) is 18.4 Å². The van der Waals surface area contributed by atoms with Crippen LogP contribution >= 0.6 is 0 Å². The lowest BCUT2D eigenvalue weighted by atomic mass is 9.90. The summed E-state index contributed by atoms with van der Waals surface area (Å²) in [7, 11) is -4.28. The van der Waals surface area contributed by atoms with Gasteiger partial charge >= 0.3 is 0 Å². The molecule has 1 saturated heterocycles. The molecule has 0 aromatic heterocycles. The van der Waals surface area contributed by atoms with E-state index in [1.54, 1.807) is 6.08 Å². The molecule has 0 unspecified atom stereocenters. The summed E-state index contributed by atoms with van der Waals surface area (Å²) in [6.45, 7) is 7.54. The van der Waals surface area contributed by atoms with Crippen LogP contribution < -0.4 is 0 Å². The molecule has 1 fully saturated rings. The fourth-order valence-electron chi connectivity index (χ4n) is 5.79. The highest BCUT2D eigenvalue weighted by atomic mass is 32.2. The maximum absolute atomic E-state index is 12.8. The standard InChI is InChI=1S/C29H38N4O3S/c1-3-20(19(2)33-15-6-16-33)18-29(32)37(35,36)28(31)14-13-27(34)26(30)12-11-25-23-9-4-7-21(23)17-22-8-5-10-24(22)25/h3,17-19,30-32H,1,4-16H2,2H3/b20-18+,30-26?,31-28?,32-29?/t19-/m1/s1. The van der Waals surface area contributed by atoms with Crippen molar-refractivity contribution in [3.63, 3.8) is 0 Å². The third-order valence-electron chi connectivity index (χ3n) is 8.21. The van der Waals surface area contributed by atoms with Gasteiger partial charge in [0.2, 0.25) is 9.84 Å². The Balaban J connectivity index is 1.33. The van der Waals surface area contributed by atoms with Gasteiger partial charge in [-0.05, 0) is 117 Å². The van der Waals surface area contributed by atoms with Crippen LogP contribution in [0.4, 0.5) is 0 Å². The molecule has 0 saturated carbocycles. The minimum atomic E-state index is -4.28. The lowest BCUT2D eigenvalue weighted by Crippen LogP contribution is -2.44. The molecule has 1 aliphatic heterocycles. The first-order chi connectivity index (χ1) is 17.6. The molecule has 0 amide bonds. The normalized spacial score (nSPS) is 18.0. The molecule has 37 heavy (non-hydrogen) atoms. The number of rotatable bonds is 11. The van der Waals surface area contributed by atoms with E-state index in [1.807, 2.05) is 6.92 Å². The van der Waals surface area contributed by atoms with Crippen molar-refractivity contribution in [3.05, 3.63) is 58.2 Å². The second-order valence-electron chi connectivity index (χ2n) is 10.4. The first-order valence-electron chi connectivity index (χ1n) is 13.4. The number of carbonyl (C=O) groups is 1. The Morgan fingerprint density at radius 2 is 1.62 bits per heavy atom. The number of Topliss-reactive ketones (excluding diaryl/α,β-unsaturated/α-hetero) is 1. The van der Waals surface area contributed by atoms with Gasteiger partial charge in [0.05, 0.1) is 5.71 Å². The smallest absolute Gasteiger partial charge is 0.235 e. The molecule has 3 N–H and O–H groups in total. The van der Waals surface area contributed by atoms with Gasteiger partial charge in [-0.25, -0.2) is 8.42 Å². The van der Waals surface area contributed by atoms with Crippen LogP contribution in [-0.4, -0.2) is 54.0 Å². The van der Waals surface area contributed by atoms with Gasteiger partial charge < -0.3 is 5.41 Å². The third kappa shape index (κ3) is 5.75. The minimum Gasteiger partial charge on any atom is -0.302 e. The summed E-state index contributed by atoms with van der Waals surface area (Å²) in [5, 5.41) is 23.2. The molecule has 1 aromatic carbocycles. The Kier molecular flexibility index (Phi) is 8.39. The predicted octanol–water partition coefficient (Wildman–Crippen LogP) is 4.54. The number of hydrogen-bond donors (Lipinski definition) is 3. The zero-order valence-corrected chi connectivity index (χ0v) is 22.6. The number of benzene rings is 1. The van der Waals surface area contributed by atoms with Crippen LogP contribution in [0.15, 0.2) is 30.4 Å². The molecule has 2 aliphatic carbocycles. The molecular formula is C29H38N4O3S. The average molecular weight is 523 g/mol. The number of ketones is 1. The Morgan fingerprint density at radius 3 is 2.16 bits per heavy atom. The molecule has 1 aromatic rings. The van der Waals surface area contributed by atoms with Crippen LogP contribution in [0.2, 0.25) is 0 Å². The van der Waals surface area contributed by atoms with Crippen molar-refractivity contribution in [2.24, 2.45) is 0 Å². The topological polar surface area (TPSA) is 126 Å². The zero-order chi connectivity index (χ0) is 26.7. The molecule has 0 bridgehead atoms. The Labute approximate surface area is 220 Å². The van der Waals surface area contributed by atoms with Crippen LogP contribution in [0.25, 0.3) is 0 Å². The minimum absolute atomic E-state index is 0.0140. The maximum atomic E-state index is 12.8. The molecule has 198 valence electrons. The highest BCUT2D eigenvalue weighted by molar-refractivity contribution is 8.19. The maximum Gasteiger partial charge on any atom is 0.235 e. The summed E-state index contributed by atoms with van der Waals surface area (Å²) in [5.74, 6) is -0.426. The van der Waals surface area contributed by atoms with Crippen molar-refractivity contribution in [3.8, 4) is 0 Å². The number of fused-ring (bicyclic) bond motifs is 2. The van der Waals surface area contributed by atoms with E-state index < -0.39 is 25.7 Å². The quantitative estimate of drug-likeness (QED) is 0.224. The molecule has 3 aliphatic rings. The summed E-state index contributed by atoms with van der Waals surface area (Å²) in [6, 6.07) is 2.32. The molecule has 4 rings (SSSR count). The van der Waals surface area contributed by atoms with Gasteiger partial charge in [-0.1, -0.05) is 18.7 Å². The van der Waals surface area contributed by atoms with Crippen molar-refractivity contribution in [1.82, 2.24) is 4.90 Å². The van der Waals surface area contributed by atoms with Gasteiger partial charge in [-0.15, -0.1) is 0 Å². The fraction of sp³-hybridized carbons (Fsp3) is 0.517. The van der Waals surface area contributed by atoms with Crippen molar-refractivity contribution in [2.75, 3.05) is 13.1 Å². The number of aryl methyl sites for hydroxylation is 2. The van der Waals surface area contributed by atoms with Crippen LogP contribution in [0.1, 0.15) is 73.3 Å². The monoisotopic (exact) mass is 522 g/mol. The van der Waals surface area contributed by atoms with E-state index >= 15 is 0 Å². The van der Waals surface area contributed by atoms with Crippen LogP contribution in [0.3, 0.4) is 0 Å². The largest absolute Gasteiger partial charge is 0.302 e. The second kappa shape index (κ2) is 11.4. The highest BCUT2D eigenvalue weighted by Gasteiger charge is 2.28. The van der Waals surface area contributed by atoms with Crippen molar-refractivity contribution >= 4 is 31.4 Å². The van der Waals surface area contributed by atoms with Gasteiger partial charge in [-0.2, -0.15) is 0 Å². The van der Waals surface area contributed by atoms with Gasteiger partial charge in [0.1, 0.15) is 5.04 Å². The Hall–Kier alpha value is -2.71. The van der Waals surface area contributed by atoms with Gasteiger partial charge in [-0.3, -0.25) is 20.5 Å².